The van der Waals surface area contributed by atoms with Crippen LogP contribution in [0.5, 0.6) is 0 Å². The maximum Gasteiger partial charge on any atom is 0.292 e. The zero-order valence-electron chi connectivity index (χ0n) is 10.6. The Bertz CT molecular complexity index is 699. The molecule has 0 unspecified atom stereocenters. The number of carbonyl (C=O) groups is 1. The lowest BCUT2D eigenvalue weighted by molar-refractivity contribution is -0.385. The second-order valence-electron chi connectivity index (χ2n) is 4.03. The van der Waals surface area contributed by atoms with E-state index in [-0.39, 0.29) is 11.6 Å². The van der Waals surface area contributed by atoms with Crippen LogP contribution in [-0.2, 0) is 0 Å². The zero-order chi connectivity index (χ0) is 14.9. The molecule has 0 aliphatic rings. The van der Waals surface area contributed by atoms with Gasteiger partial charge < -0.3 is 5.32 Å². The summed E-state index contributed by atoms with van der Waals surface area (Å²) in [6, 6.07) is 3.10. The van der Waals surface area contributed by atoms with E-state index < -0.39 is 4.92 Å². The fraction of sp³-hybridized carbons (Fsp3) is 0.167. The average molecular weight is 356 g/mol. The van der Waals surface area contributed by atoms with Crippen molar-refractivity contribution in [3.63, 3.8) is 0 Å². The first-order valence-electron chi connectivity index (χ1n) is 5.57. The second kappa shape index (κ2) is 5.68. The van der Waals surface area contributed by atoms with E-state index in [4.69, 9.17) is 0 Å². The molecule has 0 aliphatic heterocycles. The van der Waals surface area contributed by atoms with Crippen molar-refractivity contribution in [2.45, 2.75) is 13.8 Å². The van der Waals surface area contributed by atoms with Crippen LogP contribution in [0.15, 0.2) is 22.0 Å². The summed E-state index contributed by atoms with van der Waals surface area (Å²) in [5, 5.41) is 15.3. The normalized spacial score (nSPS) is 10.3. The molecule has 0 aliphatic carbocycles. The Balaban J connectivity index is 2.34. The molecule has 0 atom stereocenters. The fourth-order valence-electron chi connectivity index (χ4n) is 1.66. The van der Waals surface area contributed by atoms with Gasteiger partial charge in [-0.1, -0.05) is 0 Å². The minimum absolute atomic E-state index is 0.115. The maximum absolute atomic E-state index is 12.1. The molecular weight excluding hydrogens is 346 g/mol. The number of hydrogen-bond donors (Lipinski definition) is 1. The number of aromatic nitrogens is 1. The Morgan fingerprint density at radius 2 is 2.15 bits per heavy atom. The van der Waals surface area contributed by atoms with E-state index in [1.54, 1.807) is 25.3 Å². The molecule has 2 heterocycles. The summed E-state index contributed by atoms with van der Waals surface area (Å²) in [5.41, 5.74) is 1.08. The molecule has 0 spiro atoms. The van der Waals surface area contributed by atoms with E-state index in [0.717, 1.165) is 0 Å². The molecule has 1 amide bonds. The Morgan fingerprint density at radius 3 is 2.70 bits per heavy atom. The molecule has 0 saturated heterocycles. The van der Waals surface area contributed by atoms with E-state index in [1.807, 2.05) is 0 Å². The van der Waals surface area contributed by atoms with Gasteiger partial charge in [-0.15, -0.1) is 11.3 Å². The molecule has 104 valence electrons. The molecule has 0 saturated carbocycles. The van der Waals surface area contributed by atoms with Gasteiger partial charge in [0.15, 0.2) is 0 Å². The fourth-order valence-corrected chi connectivity index (χ4v) is 3.11. The van der Waals surface area contributed by atoms with Crippen LogP contribution < -0.4 is 5.32 Å². The summed E-state index contributed by atoms with van der Waals surface area (Å²) in [6.07, 6.45) is 0. The number of amides is 1. The first-order chi connectivity index (χ1) is 9.40. The SMILES string of the molecule is Cc1nc(C)c([N+](=O)[O-])cc1NC(=O)c1sccc1Br. The van der Waals surface area contributed by atoms with Gasteiger partial charge in [0.2, 0.25) is 0 Å². The van der Waals surface area contributed by atoms with E-state index in [1.165, 1.54) is 17.4 Å². The maximum atomic E-state index is 12.1. The number of nitro groups is 1. The van der Waals surface area contributed by atoms with Gasteiger partial charge in [-0.05, 0) is 41.2 Å². The van der Waals surface area contributed by atoms with Crippen LogP contribution in [0.25, 0.3) is 0 Å². The molecular formula is C12H10BrN3O3S. The summed E-state index contributed by atoms with van der Waals surface area (Å²) in [5.74, 6) is -0.324. The smallest absolute Gasteiger partial charge is 0.292 e. The minimum Gasteiger partial charge on any atom is -0.319 e. The summed E-state index contributed by atoms with van der Waals surface area (Å²) in [4.78, 5) is 27.1. The number of halogens is 1. The van der Waals surface area contributed by atoms with Gasteiger partial charge in [0.1, 0.15) is 10.6 Å². The molecule has 0 aromatic carbocycles. The summed E-state index contributed by atoms with van der Waals surface area (Å²) < 4.78 is 0.687. The number of hydrogen-bond acceptors (Lipinski definition) is 5. The second-order valence-corrected chi connectivity index (χ2v) is 5.81. The predicted molar refractivity (Wildman–Crippen MR) is 80.3 cm³/mol. The van der Waals surface area contributed by atoms with E-state index in [0.29, 0.717) is 26.4 Å². The number of nitrogens with one attached hydrogen (secondary N) is 1. The van der Waals surface area contributed by atoms with Crippen molar-refractivity contribution >= 4 is 44.5 Å². The Hall–Kier alpha value is -1.80. The lowest BCUT2D eigenvalue weighted by atomic mass is 10.2. The van der Waals surface area contributed by atoms with Crippen LogP contribution in [0.1, 0.15) is 21.1 Å². The summed E-state index contributed by atoms with van der Waals surface area (Å²) in [6.45, 7) is 3.25. The van der Waals surface area contributed by atoms with Crippen LogP contribution >= 0.6 is 27.3 Å². The molecule has 8 heteroatoms. The van der Waals surface area contributed by atoms with Gasteiger partial charge in [-0.3, -0.25) is 14.9 Å². The van der Waals surface area contributed by atoms with Crippen molar-refractivity contribution in [3.8, 4) is 0 Å². The van der Waals surface area contributed by atoms with Gasteiger partial charge in [0.05, 0.1) is 16.3 Å². The van der Waals surface area contributed by atoms with Gasteiger partial charge in [-0.2, -0.15) is 0 Å². The standard InChI is InChI=1S/C12H10BrN3O3S/c1-6-9(5-10(16(18)19)7(2)14-6)15-12(17)11-8(13)3-4-20-11/h3-5H,1-2H3,(H,15,17). The largest absolute Gasteiger partial charge is 0.319 e. The first-order valence-corrected chi connectivity index (χ1v) is 7.24. The summed E-state index contributed by atoms with van der Waals surface area (Å²) in [7, 11) is 0. The van der Waals surface area contributed by atoms with Crippen molar-refractivity contribution in [3.05, 3.63) is 48.4 Å². The van der Waals surface area contributed by atoms with E-state index >= 15 is 0 Å². The number of pyridine rings is 1. The van der Waals surface area contributed by atoms with Crippen LogP contribution in [0.3, 0.4) is 0 Å². The molecule has 2 rings (SSSR count). The van der Waals surface area contributed by atoms with E-state index in [2.05, 4.69) is 26.2 Å². The molecule has 1 N–H and O–H groups in total. The predicted octanol–water partition coefficient (Wildman–Crippen LogP) is 3.68. The quantitative estimate of drug-likeness (QED) is 0.671. The number of thiophene rings is 1. The topological polar surface area (TPSA) is 85.1 Å². The van der Waals surface area contributed by atoms with Gasteiger partial charge in [0, 0.05) is 10.5 Å². The van der Waals surface area contributed by atoms with Crippen LogP contribution in [0.2, 0.25) is 0 Å². The molecule has 0 fully saturated rings. The van der Waals surface area contributed by atoms with Gasteiger partial charge in [-0.25, -0.2) is 4.98 Å². The lowest BCUT2D eigenvalue weighted by Gasteiger charge is -2.08. The van der Waals surface area contributed by atoms with Crippen LogP contribution in [0.4, 0.5) is 11.4 Å². The lowest BCUT2D eigenvalue weighted by Crippen LogP contribution is -2.13. The van der Waals surface area contributed by atoms with Crippen molar-refractivity contribution in [1.82, 2.24) is 4.98 Å². The first kappa shape index (κ1) is 14.6. The molecule has 0 bridgehead atoms. The summed E-state index contributed by atoms with van der Waals surface area (Å²) >= 11 is 4.56. The Morgan fingerprint density at radius 1 is 1.45 bits per heavy atom. The Labute approximate surface area is 127 Å². The Kier molecular flexibility index (Phi) is 4.15. The van der Waals surface area contributed by atoms with Crippen molar-refractivity contribution in [2.75, 3.05) is 5.32 Å². The van der Waals surface area contributed by atoms with Crippen molar-refractivity contribution < 1.29 is 9.72 Å². The molecule has 0 radical (unpaired) electrons. The highest BCUT2D eigenvalue weighted by atomic mass is 79.9. The zero-order valence-corrected chi connectivity index (χ0v) is 13.0. The third kappa shape index (κ3) is 2.86. The third-order valence-electron chi connectivity index (χ3n) is 2.65. The van der Waals surface area contributed by atoms with E-state index in [9.17, 15) is 14.9 Å². The number of carbonyl (C=O) groups excluding carboxylic acids is 1. The molecule has 2 aromatic heterocycles. The van der Waals surface area contributed by atoms with Crippen LogP contribution in [-0.4, -0.2) is 15.8 Å². The van der Waals surface area contributed by atoms with Gasteiger partial charge in [0.25, 0.3) is 11.6 Å². The third-order valence-corrected chi connectivity index (χ3v) is 4.48. The highest BCUT2D eigenvalue weighted by molar-refractivity contribution is 9.10. The number of nitrogens with zero attached hydrogens (tertiary/aromatic N) is 2. The average Bonchev–Trinajstić information content (AvgIpc) is 2.78. The highest BCUT2D eigenvalue weighted by Gasteiger charge is 2.18. The van der Waals surface area contributed by atoms with Crippen LogP contribution in [0, 0.1) is 24.0 Å². The number of anilines is 1. The van der Waals surface area contributed by atoms with Crippen molar-refractivity contribution in [2.24, 2.45) is 0 Å². The monoisotopic (exact) mass is 355 g/mol. The number of aryl methyl sites for hydroxylation is 2. The number of rotatable bonds is 3. The van der Waals surface area contributed by atoms with Gasteiger partial charge >= 0.3 is 0 Å². The molecule has 6 nitrogen and oxygen atoms in total. The van der Waals surface area contributed by atoms with Crippen molar-refractivity contribution in [1.29, 1.82) is 0 Å². The highest BCUT2D eigenvalue weighted by Crippen LogP contribution is 2.27. The molecule has 20 heavy (non-hydrogen) atoms. The molecule has 2 aromatic rings. The minimum atomic E-state index is -0.515.